The van der Waals surface area contributed by atoms with Gasteiger partial charge < -0.3 is 14.8 Å². The lowest BCUT2D eigenvalue weighted by Crippen LogP contribution is -2.33. The van der Waals surface area contributed by atoms with Crippen LogP contribution in [0.5, 0.6) is 11.5 Å². The Labute approximate surface area is 193 Å². The van der Waals surface area contributed by atoms with Crippen LogP contribution < -0.4 is 20.2 Å². The molecule has 0 aliphatic rings. The number of anilines is 1. The van der Waals surface area contributed by atoms with Gasteiger partial charge in [-0.15, -0.1) is 0 Å². The highest BCUT2D eigenvalue weighted by molar-refractivity contribution is 6.39. The van der Waals surface area contributed by atoms with Crippen LogP contribution in [0.25, 0.3) is 0 Å². The first-order valence-corrected chi connectivity index (χ1v) is 10.5. The molecule has 0 atom stereocenters. The predicted molar refractivity (Wildman–Crippen MR) is 129 cm³/mol. The van der Waals surface area contributed by atoms with E-state index >= 15 is 0 Å². The molecule has 0 radical (unpaired) electrons. The predicted octanol–water partition coefficient (Wildman–Crippen LogP) is 4.37. The molecule has 0 saturated carbocycles. The number of aryl methyl sites for hydroxylation is 2. The van der Waals surface area contributed by atoms with Crippen LogP contribution in [0.4, 0.5) is 5.69 Å². The maximum atomic E-state index is 12.2. The van der Waals surface area contributed by atoms with Gasteiger partial charge in [-0.05, 0) is 61.7 Å². The highest BCUT2D eigenvalue weighted by Gasteiger charge is 2.15. The lowest BCUT2D eigenvalue weighted by molar-refractivity contribution is -0.136. The number of methoxy groups -OCH3 is 1. The molecule has 7 heteroatoms. The zero-order chi connectivity index (χ0) is 23.8. The molecule has 0 heterocycles. The molecule has 7 nitrogen and oxygen atoms in total. The Morgan fingerprint density at radius 2 is 1.67 bits per heavy atom. The molecule has 3 aromatic carbocycles. The maximum absolute atomic E-state index is 12.2. The third kappa shape index (κ3) is 6.43. The first-order chi connectivity index (χ1) is 15.9. The third-order valence-corrected chi connectivity index (χ3v) is 4.99. The quantitative estimate of drug-likeness (QED) is 0.321. The molecule has 0 unspecified atom stereocenters. The van der Waals surface area contributed by atoms with E-state index in [0.717, 1.165) is 16.7 Å². The summed E-state index contributed by atoms with van der Waals surface area (Å²) < 4.78 is 11.3. The van der Waals surface area contributed by atoms with E-state index in [1.54, 1.807) is 26.2 Å². The van der Waals surface area contributed by atoms with E-state index in [-0.39, 0.29) is 0 Å². The van der Waals surface area contributed by atoms with Crippen LogP contribution in [0, 0.1) is 13.8 Å². The molecule has 0 spiro atoms. The number of hydrazone groups is 1. The van der Waals surface area contributed by atoms with Crippen LogP contribution in [-0.2, 0) is 16.2 Å². The van der Waals surface area contributed by atoms with E-state index in [9.17, 15) is 9.59 Å². The number of hydrogen-bond donors (Lipinski definition) is 2. The van der Waals surface area contributed by atoms with Gasteiger partial charge in [0.2, 0.25) is 0 Å². The standard InChI is InChI=1S/C26H27N3O4/c1-17-10-11-18(2)22(14-17)27-25(30)26(31)29-28-19(3)21-12-13-23(24(15-21)32-4)33-16-20-8-6-5-7-9-20/h5-15H,16H2,1-4H3,(H,27,30)(H,29,31)/b28-19+. The van der Waals surface area contributed by atoms with Gasteiger partial charge in [-0.2, -0.15) is 5.10 Å². The van der Waals surface area contributed by atoms with E-state index < -0.39 is 11.8 Å². The highest BCUT2D eigenvalue weighted by Crippen LogP contribution is 2.29. The Hall–Kier alpha value is -4.13. The second-order valence-electron chi connectivity index (χ2n) is 7.55. The summed E-state index contributed by atoms with van der Waals surface area (Å²) in [6, 6.07) is 20.8. The van der Waals surface area contributed by atoms with Crippen LogP contribution in [0.1, 0.15) is 29.2 Å². The summed E-state index contributed by atoms with van der Waals surface area (Å²) in [5, 5.41) is 6.67. The van der Waals surface area contributed by atoms with Crippen molar-refractivity contribution in [3.63, 3.8) is 0 Å². The van der Waals surface area contributed by atoms with E-state index in [2.05, 4.69) is 15.8 Å². The minimum Gasteiger partial charge on any atom is -0.493 e. The van der Waals surface area contributed by atoms with Gasteiger partial charge >= 0.3 is 11.8 Å². The molecule has 0 bridgehead atoms. The number of carbonyl (C=O) groups is 2. The molecule has 0 saturated heterocycles. The molecule has 3 rings (SSSR count). The molecule has 3 aromatic rings. The summed E-state index contributed by atoms with van der Waals surface area (Å²) in [6.45, 7) is 5.91. The van der Waals surface area contributed by atoms with Gasteiger partial charge in [-0.1, -0.05) is 42.5 Å². The van der Waals surface area contributed by atoms with Crippen molar-refractivity contribution in [1.82, 2.24) is 5.43 Å². The number of rotatable bonds is 7. The van der Waals surface area contributed by atoms with Gasteiger partial charge in [0.1, 0.15) is 6.61 Å². The molecule has 0 aliphatic heterocycles. The number of nitrogens with zero attached hydrogens (tertiary/aromatic N) is 1. The van der Waals surface area contributed by atoms with Crippen LogP contribution in [-0.4, -0.2) is 24.6 Å². The summed E-state index contributed by atoms with van der Waals surface area (Å²) in [6.07, 6.45) is 0. The van der Waals surface area contributed by atoms with Crippen molar-refractivity contribution >= 4 is 23.2 Å². The molecule has 170 valence electrons. The van der Waals surface area contributed by atoms with Gasteiger partial charge in [-0.3, -0.25) is 9.59 Å². The fraction of sp³-hybridized carbons (Fsp3) is 0.192. The lowest BCUT2D eigenvalue weighted by atomic mass is 10.1. The fourth-order valence-electron chi connectivity index (χ4n) is 3.05. The van der Waals surface area contributed by atoms with Crippen molar-refractivity contribution in [3.05, 3.63) is 89.0 Å². The average molecular weight is 446 g/mol. The Morgan fingerprint density at radius 3 is 2.39 bits per heavy atom. The van der Waals surface area contributed by atoms with Crippen molar-refractivity contribution < 1.29 is 19.1 Å². The lowest BCUT2D eigenvalue weighted by Gasteiger charge is -2.12. The van der Waals surface area contributed by atoms with Gasteiger partial charge in [-0.25, -0.2) is 5.43 Å². The summed E-state index contributed by atoms with van der Waals surface area (Å²) >= 11 is 0. The third-order valence-electron chi connectivity index (χ3n) is 4.99. The average Bonchev–Trinajstić information content (AvgIpc) is 2.83. The molecular weight excluding hydrogens is 418 g/mol. The number of nitrogens with one attached hydrogen (secondary N) is 2. The number of ether oxygens (including phenoxy) is 2. The number of benzene rings is 3. The topological polar surface area (TPSA) is 89.0 Å². The molecule has 2 N–H and O–H groups in total. The van der Waals surface area contributed by atoms with E-state index in [4.69, 9.17) is 9.47 Å². The van der Waals surface area contributed by atoms with Gasteiger partial charge in [0, 0.05) is 11.3 Å². The number of hydrogen-bond acceptors (Lipinski definition) is 5. The minimum absolute atomic E-state index is 0.412. The smallest absolute Gasteiger partial charge is 0.329 e. The van der Waals surface area contributed by atoms with Crippen molar-refractivity contribution in [3.8, 4) is 11.5 Å². The van der Waals surface area contributed by atoms with Crippen molar-refractivity contribution in [1.29, 1.82) is 0 Å². The number of amides is 2. The molecule has 0 aromatic heterocycles. The SMILES string of the molecule is COc1cc(/C(C)=N/NC(=O)C(=O)Nc2cc(C)ccc2C)ccc1OCc1ccccc1. The van der Waals surface area contributed by atoms with Crippen LogP contribution in [0.3, 0.4) is 0 Å². The summed E-state index contributed by atoms with van der Waals surface area (Å²) in [5.74, 6) is -0.514. The zero-order valence-corrected chi connectivity index (χ0v) is 19.1. The molecule has 0 fully saturated rings. The van der Waals surface area contributed by atoms with Crippen LogP contribution >= 0.6 is 0 Å². The molecule has 0 aliphatic carbocycles. The monoisotopic (exact) mass is 445 g/mol. The largest absolute Gasteiger partial charge is 0.493 e. The Kier molecular flexibility index (Phi) is 7.81. The second kappa shape index (κ2) is 10.9. The van der Waals surface area contributed by atoms with Gasteiger partial charge in [0.05, 0.1) is 12.8 Å². The first-order valence-electron chi connectivity index (χ1n) is 10.5. The fourth-order valence-corrected chi connectivity index (χ4v) is 3.05. The Balaban J connectivity index is 1.63. The van der Waals surface area contributed by atoms with Crippen molar-refractivity contribution in [2.75, 3.05) is 12.4 Å². The van der Waals surface area contributed by atoms with E-state index in [1.165, 1.54) is 0 Å². The van der Waals surface area contributed by atoms with Gasteiger partial charge in [0.15, 0.2) is 11.5 Å². The molecular formula is C26H27N3O4. The van der Waals surface area contributed by atoms with E-state index in [0.29, 0.717) is 35.1 Å². The normalized spacial score (nSPS) is 11.0. The molecule has 33 heavy (non-hydrogen) atoms. The van der Waals surface area contributed by atoms with Crippen molar-refractivity contribution in [2.45, 2.75) is 27.4 Å². The van der Waals surface area contributed by atoms with Crippen molar-refractivity contribution in [2.24, 2.45) is 5.10 Å². The minimum atomic E-state index is -0.856. The van der Waals surface area contributed by atoms with Gasteiger partial charge in [0.25, 0.3) is 0 Å². The van der Waals surface area contributed by atoms with E-state index in [1.807, 2.05) is 68.4 Å². The summed E-state index contributed by atoms with van der Waals surface area (Å²) in [7, 11) is 1.56. The highest BCUT2D eigenvalue weighted by atomic mass is 16.5. The summed E-state index contributed by atoms with van der Waals surface area (Å²) in [5.41, 5.74) is 7.01. The first kappa shape index (κ1) is 23.5. The second-order valence-corrected chi connectivity index (χ2v) is 7.55. The number of carbonyl (C=O) groups excluding carboxylic acids is 2. The maximum Gasteiger partial charge on any atom is 0.329 e. The molecule has 2 amide bonds. The Bertz CT molecular complexity index is 1170. The summed E-state index contributed by atoms with van der Waals surface area (Å²) in [4.78, 5) is 24.4. The van der Waals surface area contributed by atoms with Crippen LogP contribution in [0.15, 0.2) is 71.8 Å². The Morgan fingerprint density at radius 1 is 0.909 bits per heavy atom. The zero-order valence-electron chi connectivity index (χ0n) is 19.1. The van der Waals surface area contributed by atoms with Crippen LogP contribution in [0.2, 0.25) is 0 Å².